The fourth-order valence-electron chi connectivity index (χ4n) is 3.23. The highest BCUT2D eigenvalue weighted by atomic mass is 16.5. The molecule has 1 aromatic heterocycles. The van der Waals surface area contributed by atoms with Crippen LogP contribution in [-0.2, 0) is 25.5 Å². The number of ether oxygens (including phenoxy) is 2. The number of methoxy groups -OCH3 is 1. The number of fused-ring (bicyclic) bond motifs is 1. The number of aromatic amines is 1. The van der Waals surface area contributed by atoms with E-state index < -0.39 is 0 Å². The maximum atomic E-state index is 12.8. The SMILES string of the molecule is COC(=O)CCN(CC1CCCO1)C(=O)Cc1c[nH]c2ccccc12. The van der Waals surface area contributed by atoms with E-state index in [0.29, 0.717) is 19.5 Å². The molecule has 0 aliphatic carbocycles. The maximum absolute atomic E-state index is 12.8. The monoisotopic (exact) mass is 344 g/mol. The number of H-pyrrole nitrogens is 1. The highest BCUT2D eigenvalue weighted by molar-refractivity contribution is 5.89. The Hall–Kier alpha value is -2.34. The molecule has 0 bridgehead atoms. The van der Waals surface area contributed by atoms with E-state index in [4.69, 9.17) is 9.47 Å². The van der Waals surface area contributed by atoms with Gasteiger partial charge in [-0.3, -0.25) is 9.59 Å². The first kappa shape index (κ1) is 17.5. The minimum Gasteiger partial charge on any atom is -0.469 e. The van der Waals surface area contributed by atoms with E-state index in [1.54, 1.807) is 4.90 Å². The molecular formula is C19H24N2O4. The lowest BCUT2D eigenvalue weighted by Crippen LogP contribution is -2.39. The van der Waals surface area contributed by atoms with Gasteiger partial charge in [-0.25, -0.2) is 0 Å². The number of aromatic nitrogens is 1. The fraction of sp³-hybridized carbons (Fsp3) is 0.474. The summed E-state index contributed by atoms with van der Waals surface area (Å²) in [6, 6.07) is 7.92. The zero-order chi connectivity index (χ0) is 17.6. The van der Waals surface area contributed by atoms with Crippen molar-refractivity contribution in [1.29, 1.82) is 0 Å². The Labute approximate surface area is 147 Å². The van der Waals surface area contributed by atoms with E-state index in [-0.39, 0.29) is 24.4 Å². The van der Waals surface area contributed by atoms with E-state index in [0.717, 1.165) is 35.9 Å². The predicted molar refractivity (Wildman–Crippen MR) is 94.2 cm³/mol. The molecule has 1 unspecified atom stereocenters. The number of nitrogens with one attached hydrogen (secondary N) is 1. The van der Waals surface area contributed by atoms with Crippen molar-refractivity contribution in [2.75, 3.05) is 26.8 Å². The van der Waals surface area contributed by atoms with Crippen molar-refractivity contribution in [2.45, 2.75) is 31.8 Å². The second kappa shape index (κ2) is 8.16. The standard InChI is InChI=1S/C19H24N2O4/c1-24-19(23)8-9-21(13-15-5-4-10-25-15)18(22)11-14-12-20-17-7-3-2-6-16(14)17/h2-3,6-7,12,15,20H,4-5,8-11,13H2,1H3. The molecule has 25 heavy (non-hydrogen) atoms. The number of esters is 1. The van der Waals surface area contributed by atoms with Crippen LogP contribution >= 0.6 is 0 Å². The minimum absolute atomic E-state index is 0.00385. The van der Waals surface area contributed by atoms with Gasteiger partial charge in [0, 0.05) is 36.8 Å². The summed E-state index contributed by atoms with van der Waals surface area (Å²) in [5, 5.41) is 1.06. The molecule has 0 spiro atoms. The molecule has 2 heterocycles. The van der Waals surface area contributed by atoms with Gasteiger partial charge in [0.05, 0.1) is 26.1 Å². The van der Waals surface area contributed by atoms with Gasteiger partial charge in [-0.1, -0.05) is 18.2 Å². The second-order valence-electron chi connectivity index (χ2n) is 6.34. The van der Waals surface area contributed by atoms with E-state index in [2.05, 4.69) is 4.98 Å². The predicted octanol–water partition coefficient (Wildman–Crippen LogP) is 2.28. The molecule has 1 aromatic carbocycles. The third-order valence-corrected chi connectivity index (χ3v) is 4.63. The van der Waals surface area contributed by atoms with Crippen LogP contribution in [0.2, 0.25) is 0 Å². The quantitative estimate of drug-likeness (QED) is 0.782. The lowest BCUT2D eigenvalue weighted by atomic mass is 10.1. The number of rotatable bonds is 7. The molecule has 0 saturated carbocycles. The molecule has 6 heteroatoms. The van der Waals surface area contributed by atoms with Gasteiger partial charge in [0.25, 0.3) is 0 Å². The number of carbonyl (C=O) groups is 2. The largest absolute Gasteiger partial charge is 0.469 e. The number of hydrogen-bond donors (Lipinski definition) is 1. The zero-order valence-electron chi connectivity index (χ0n) is 14.5. The summed E-state index contributed by atoms with van der Waals surface area (Å²) in [5.41, 5.74) is 1.99. The van der Waals surface area contributed by atoms with Crippen LogP contribution in [0.25, 0.3) is 10.9 Å². The minimum atomic E-state index is -0.308. The van der Waals surface area contributed by atoms with E-state index in [1.165, 1.54) is 7.11 Å². The summed E-state index contributed by atoms with van der Waals surface area (Å²) in [6.45, 7) is 1.62. The summed E-state index contributed by atoms with van der Waals surface area (Å²) in [7, 11) is 1.36. The molecule has 1 aliphatic heterocycles. The summed E-state index contributed by atoms with van der Waals surface area (Å²) >= 11 is 0. The molecule has 2 aromatic rings. The van der Waals surface area contributed by atoms with E-state index in [9.17, 15) is 9.59 Å². The van der Waals surface area contributed by atoms with Crippen LogP contribution in [0.15, 0.2) is 30.5 Å². The van der Waals surface area contributed by atoms with Gasteiger partial charge < -0.3 is 19.4 Å². The molecule has 3 rings (SSSR count). The van der Waals surface area contributed by atoms with Crippen molar-refractivity contribution in [2.24, 2.45) is 0 Å². The van der Waals surface area contributed by atoms with E-state index >= 15 is 0 Å². The second-order valence-corrected chi connectivity index (χ2v) is 6.34. The van der Waals surface area contributed by atoms with Gasteiger partial charge in [-0.15, -0.1) is 0 Å². The van der Waals surface area contributed by atoms with Crippen LogP contribution in [0, 0.1) is 0 Å². The Morgan fingerprint density at radius 1 is 1.36 bits per heavy atom. The number of carbonyl (C=O) groups excluding carboxylic acids is 2. The van der Waals surface area contributed by atoms with Crippen molar-refractivity contribution in [1.82, 2.24) is 9.88 Å². The van der Waals surface area contributed by atoms with Crippen LogP contribution in [0.4, 0.5) is 0 Å². The molecule has 1 saturated heterocycles. The smallest absolute Gasteiger partial charge is 0.307 e. The Morgan fingerprint density at radius 2 is 2.20 bits per heavy atom. The van der Waals surface area contributed by atoms with Crippen LogP contribution < -0.4 is 0 Å². The average molecular weight is 344 g/mol. The van der Waals surface area contributed by atoms with E-state index in [1.807, 2.05) is 30.5 Å². The molecular weight excluding hydrogens is 320 g/mol. The molecule has 1 atom stereocenters. The lowest BCUT2D eigenvalue weighted by Gasteiger charge is -2.25. The third kappa shape index (κ3) is 4.39. The molecule has 0 radical (unpaired) electrons. The van der Waals surface area contributed by atoms with Crippen molar-refractivity contribution in [3.05, 3.63) is 36.0 Å². The number of benzene rings is 1. The Kier molecular flexibility index (Phi) is 5.71. The molecule has 1 amide bonds. The van der Waals surface area contributed by atoms with Crippen LogP contribution in [0.3, 0.4) is 0 Å². The Bertz CT molecular complexity index is 734. The zero-order valence-corrected chi connectivity index (χ0v) is 14.5. The normalized spacial score (nSPS) is 16.9. The third-order valence-electron chi connectivity index (χ3n) is 4.63. The van der Waals surface area contributed by atoms with Gasteiger partial charge in [0.2, 0.25) is 5.91 Å². The topological polar surface area (TPSA) is 71.6 Å². The summed E-state index contributed by atoms with van der Waals surface area (Å²) in [5.74, 6) is -0.304. The van der Waals surface area contributed by atoms with Crippen LogP contribution in [-0.4, -0.2) is 54.7 Å². The van der Waals surface area contributed by atoms with Gasteiger partial charge in [-0.05, 0) is 24.5 Å². The van der Waals surface area contributed by atoms with Crippen molar-refractivity contribution in [3.63, 3.8) is 0 Å². The van der Waals surface area contributed by atoms with Crippen molar-refractivity contribution < 1.29 is 19.1 Å². The maximum Gasteiger partial charge on any atom is 0.307 e. The van der Waals surface area contributed by atoms with Crippen molar-refractivity contribution in [3.8, 4) is 0 Å². The van der Waals surface area contributed by atoms with Gasteiger partial charge in [0.15, 0.2) is 0 Å². The molecule has 1 fully saturated rings. The molecule has 6 nitrogen and oxygen atoms in total. The lowest BCUT2D eigenvalue weighted by molar-refractivity contribution is -0.142. The Balaban J connectivity index is 1.69. The van der Waals surface area contributed by atoms with Crippen LogP contribution in [0.5, 0.6) is 0 Å². The number of para-hydroxylation sites is 1. The fourth-order valence-corrected chi connectivity index (χ4v) is 3.23. The number of amides is 1. The number of hydrogen-bond acceptors (Lipinski definition) is 4. The molecule has 134 valence electrons. The highest BCUT2D eigenvalue weighted by Crippen LogP contribution is 2.20. The highest BCUT2D eigenvalue weighted by Gasteiger charge is 2.23. The first-order chi connectivity index (χ1) is 12.2. The average Bonchev–Trinajstić information content (AvgIpc) is 3.28. The summed E-state index contributed by atoms with van der Waals surface area (Å²) in [4.78, 5) is 29.2. The summed E-state index contributed by atoms with van der Waals surface area (Å²) in [6.07, 6.45) is 4.42. The van der Waals surface area contributed by atoms with Gasteiger partial charge >= 0.3 is 5.97 Å². The summed E-state index contributed by atoms with van der Waals surface area (Å²) < 4.78 is 10.4. The Morgan fingerprint density at radius 3 is 2.96 bits per heavy atom. The molecule has 1 N–H and O–H groups in total. The van der Waals surface area contributed by atoms with Crippen molar-refractivity contribution >= 4 is 22.8 Å². The van der Waals surface area contributed by atoms with Gasteiger partial charge in [0.1, 0.15) is 0 Å². The first-order valence-corrected chi connectivity index (χ1v) is 8.68. The van der Waals surface area contributed by atoms with Crippen LogP contribution in [0.1, 0.15) is 24.8 Å². The number of nitrogens with zero attached hydrogens (tertiary/aromatic N) is 1. The first-order valence-electron chi connectivity index (χ1n) is 8.68. The molecule has 1 aliphatic rings. The van der Waals surface area contributed by atoms with Gasteiger partial charge in [-0.2, -0.15) is 0 Å².